The fourth-order valence-electron chi connectivity index (χ4n) is 6.19. The summed E-state index contributed by atoms with van der Waals surface area (Å²) in [5.41, 5.74) is 2.35. The van der Waals surface area contributed by atoms with Gasteiger partial charge in [0, 0.05) is 68.2 Å². The van der Waals surface area contributed by atoms with Crippen LogP contribution in [0.5, 0.6) is 5.75 Å². The number of piperidine rings is 1. The second-order valence-electron chi connectivity index (χ2n) is 11.6. The molecule has 3 heterocycles. The lowest BCUT2D eigenvalue weighted by atomic mass is 9.74. The highest BCUT2D eigenvalue weighted by atomic mass is 19.1. The molecule has 42 heavy (non-hydrogen) atoms. The number of aliphatic hydroxyl groups excluding tert-OH is 1. The third-order valence-electron chi connectivity index (χ3n) is 8.81. The second-order valence-corrected chi connectivity index (χ2v) is 11.6. The molecule has 0 spiro atoms. The van der Waals surface area contributed by atoms with Crippen LogP contribution in [0.15, 0.2) is 42.6 Å². The molecule has 5 rings (SSSR count). The average Bonchev–Trinajstić information content (AvgIpc) is 3.00. The van der Waals surface area contributed by atoms with Crippen LogP contribution in [0.2, 0.25) is 0 Å². The first kappa shape index (κ1) is 30.5. The molecule has 0 aliphatic carbocycles. The highest BCUT2D eigenvalue weighted by molar-refractivity contribution is 5.85. The quantitative estimate of drug-likeness (QED) is 0.297. The van der Waals surface area contributed by atoms with E-state index in [1.165, 1.54) is 12.1 Å². The molecule has 2 N–H and O–H groups in total. The van der Waals surface area contributed by atoms with Crippen molar-refractivity contribution in [1.82, 2.24) is 14.8 Å². The number of methoxy groups -OCH3 is 1. The topological polar surface area (TPSA) is 70.1 Å². The summed E-state index contributed by atoms with van der Waals surface area (Å²) in [6.07, 6.45) is 2.99. The Hall–Kier alpha value is -2.92. The van der Waals surface area contributed by atoms with Crippen LogP contribution >= 0.6 is 0 Å². The Morgan fingerprint density at radius 2 is 1.79 bits per heavy atom. The molecule has 2 saturated heterocycles. The van der Waals surface area contributed by atoms with E-state index in [0.717, 1.165) is 61.6 Å². The van der Waals surface area contributed by atoms with Crippen molar-refractivity contribution in [2.45, 2.75) is 38.4 Å². The molecule has 3 aromatic rings. The van der Waals surface area contributed by atoms with Crippen LogP contribution in [0.3, 0.4) is 0 Å². The fraction of sp³-hybridized carbons (Fsp3) is 0.531. The minimum absolute atomic E-state index is 0.0138. The molecule has 1 unspecified atom stereocenters. The van der Waals surface area contributed by atoms with Crippen molar-refractivity contribution < 1.29 is 27.8 Å². The maximum atomic E-state index is 16.4. The van der Waals surface area contributed by atoms with Gasteiger partial charge in [0.05, 0.1) is 25.8 Å². The zero-order chi connectivity index (χ0) is 29.5. The number of nitrogens with zero attached hydrogens (tertiary/aromatic N) is 3. The highest BCUT2D eigenvalue weighted by Gasteiger charge is 2.35. The number of alkyl halides is 1. The summed E-state index contributed by atoms with van der Waals surface area (Å²) < 4.78 is 54.2. The molecule has 0 saturated carbocycles. The highest BCUT2D eigenvalue weighted by Crippen LogP contribution is 2.41. The van der Waals surface area contributed by atoms with Gasteiger partial charge in [-0.3, -0.25) is 9.88 Å². The summed E-state index contributed by atoms with van der Waals surface area (Å²) in [6, 6.07) is 8.99. The number of pyridine rings is 1. The number of benzene rings is 2. The predicted molar refractivity (Wildman–Crippen MR) is 158 cm³/mol. The normalized spacial score (nSPS) is 18.7. The zero-order valence-electron chi connectivity index (χ0n) is 24.3. The molecule has 0 radical (unpaired) electrons. The molecule has 228 valence electrons. The van der Waals surface area contributed by atoms with Crippen LogP contribution in [0.1, 0.15) is 43.0 Å². The number of hydrogen-bond acceptors (Lipinski definition) is 7. The minimum atomic E-state index is -1.21. The number of likely N-dealkylation sites (tertiary alicyclic amines) is 1. The number of halogens is 3. The number of rotatable bonds is 12. The smallest absolute Gasteiger partial charge is 0.128 e. The van der Waals surface area contributed by atoms with Crippen LogP contribution in [-0.4, -0.2) is 86.1 Å². The van der Waals surface area contributed by atoms with Gasteiger partial charge in [-0.1, -0.05) is 0 Å². The maximum Gasteiger partial charge on any atom is 0.128 e. The van der Waals surface area contributed by atoms with E-state index in [2.05, 4.69) is 20.1 Å². The van der Waals surface area contributed by atoms with Crippen LogP contribution in [-0.2, 0) is 11.3 Å². The Morgan fingerprint density at radius 1 is 1.05 bits per heavy atom. The summed E-state index contributed by atoms with van der Waals surface area (Å²) in [5, 5.41) is 14.3. The molecule has 2 aliphatic heterocycles. The lowest BCUT2D eigenvalue weighted by Gasteiger charge is -2.41. The summed E-state index contributed by atoms with van der Waals surface area (Å²) in [6.45, 7) is 6.35. The fourth-order valence-corrected chi connectivity index (χ4v) is 6.19. The maximum absolute atomic E-state index is 16.4. The number of anilines is 1. The lowest BCUT2D eigenvalue weighted by molar-refractivity contribution is 0.0306. The van der Waals surface area contributed by atoms with E-state index >= 15 is 4.39 Å². The summed E-state index contributed by atoms with van der Waals surface area (Å²) in [7, 11) is 1.60. The second kappa shape index (κ2) is 14.0. The molecule has 0 amide bonds. The zero-order valence-corrected chi connectivity index (χ0v) is 24.3. The number of aromatic nitrogens is 1. The van der Waals surface area contributed by atoms with Gasteiger partial charge in [0.15, 0.2) is 0 Å². The number of ether oxygens (including phenoxy) is 2. The van der Waals surface area contributed by atoms with Crippen molar-refractivity contribution in [2.75, 3.05) is 71.5 Å². The molecular weight excluding hydrogens is 545 g/mol. The molecule has 2 aliphatic rings. The van der Waals surface area contributed by atoms with E-state index in [0.29, 0.717) is 62.7 Å². The van der Waals surface area contributed by atoms with Gasteiger partial charge in [-0.2, -0.15) is 0 Å². The van der Waals surface area contributed by atoms with Gasteiger partial charge in [0.1, 0.15) is 23.6 Å². The van der Waals surface area contributed by atoms with Gasteiger partial charge in [-0.05, 0) is 80.1 Å². The van der Waals surface area contributed by atoms with Gasteiger partial charge in [0.25, 0.3) is 0 Å². The number of morpholine rings is 1. The molecule has 1 aromatic heterocycles. The first-order valence-electron chi connectivity index (χ1n) is 14.8. The number of fused-ring (bicyclic) bond motifs is 1. The van der Waals surface area contributed by atoms with Gasteiger partial charge in [0.2, 0.25) is 0 Å². The van der Waals surface area contributed by atoms with Crippen molar-refractivity contribution in [3.8, 4) is 5.75 Å². The molecule has 0 bridgehead atoms. The molecule has 10 heteroatoms. The SMILES string of the molecule is COc1ccc2ncc(CN3CCOCC3)c(C(F)CCC3(CO)CCN(CCNc4cc(F)cc(F)c4)CC3)c2c1. The monoisotopic (exact) mass is 586 g/mol. The van der Waals surface area contributed by atoms with E-state index in [4.69, 9.17) is 9.47 Å². The van der Waals surface area contributed by atoms with Gasteiger partial charge in [-0.15, -0.1) is 0 Å². The van der Waals surface area contributed by atoms with E-state index in [1.54, 1.807) is 13.3 Å². The summed E-state index contributed by atoms with van der Waals surface area (Å²) in [5.74, 6) is -0.555. The number of nitrogens with one attached hydrogen (secondary N) is 1. The Kier molecular flexibility index (Phi) is 10.2. The summed E-state index contributed by atoms with van der Waals surface area (Å²) in [4.78, 5) is 9.18. The van der Waals surface area contributed by atoms with Crippen molar-refractivity contribution in [3.63, 3.8) is 0 Å². The van der Waals surface area contributed by atoms with Crippen molar-refractivity contribution in [2.24, 2.45) is 5.41 Å². The number of aliphatic hydroxyl groups is 1. The van der Waals surface area contributed by atoms with E-state index < -0.39 is 17.8 Å². The van der Waals surface area contributed by atoms with Crippen LogP contribution < -0.4 is 10.1 Å². The third-order valence-corrected chi connectivity index (χ3v) is 8.81. The van der Waals surface area contributed by atoms with E-state index in [1.807, 2.05) is 18.2 Å². The first-order chi connectivity index (χ1) is 20.4. The lowest BCUT2D eigenvalue weighted by Crippen LogP contribution is -2.43. The van der Waals surface area contributed by atoms with Crippen molar-refractivity contribution in [3.05, 3.63) is 65.4 Å². The van der Waals surface area contributed by atoms with E-state index in [9.17, 15) is 13.9 Å². The van der Waals surface area contributed by atoms with Gasteiger partial charge < -0.3 is 24.8 Å². The Morgan fingerprint density at radius 3 is 2.48 bits per heavy atom. The number of hydrogen-bond donors (Lipinski definition) is 2. The van der Waals surface area contributed by atoms with E-state index in [-0.39, 0.29) is 12.0 Å². The van der Waals surface area contributed by atoms with Crippen molar-refractivity contribution in [1.29, 1.82) is 0 Å². The summed E-state index contributed by atoms with van der Waals surface area (Å²) >= 11 is 0. The molecule has 7 nitrogen and oxygen atoms in total. The average molecular weight is 587 g/mol. The molecular formula is C32H41F3N4O3. The molecule has 2 aromatic carbocycles. The van der Waals surface area contributed by atoms with Crippen LogP contribution in [0.25, 0.3) is 10.9 Å². The standard InChI is InChI=1S/C32H41F3N4O3/c1-41-27-2-3-30-28(19-27)31(23(20-37-30)21-39-12-14-42-15-13-39)29(35)4-5-32(22-40)6-9-38(10-7-32)11-8-36-26-17-24(33)16-25(34)18-26/h2-3,16-20,29,36,40H,4-15,21-22H2,1H3. The van der Waals surface area contributed by atoms with Crippen molar-refractivity contribution >= 4 is 16.6 Å². The minimum Gasteiger partial charge on any atom is -0.497 e. The Labute approximate surface area is 245 Å². The van der Waals surface area contributed by atoms with Crippen LogP contribution in [0, 0.1) is 17.0 Å². The van der Waals surface area contributed by atoms with Crippen LogP contribution in [0.4, 0.5) is 18.9 Å². The molecule has 2 fully saturated rings. The Balaban J connectivity index is 1.22. The Bertz CT molecular complexity index is 1310. The third kappa shape index (κ3) is 7.53. The first-order valence-corrected chi connectivity index (χ1v) is 14.8. The largest absolute Gasteiger partial charge is 0.497 e. The molecule has 1 atom stereocenters. The van der Waals surface area contributed by atoms with Gasteiger partial charge in [-0.25, -0.2) is 13.2 Å². The predicted octanol–water partition coefficient (Wildman–Crippen LogP) is 5.33. The van der Waals surface area contributed by atoms with Gasteiger partial charge >= 0.3 is 0 Å².